The minimum atomic E-state index is -0.701. The molecule has 2 aromatic rings. The van der Waals surface area contributed by atoms with Crippen molar-refractivity contribution in [2.45, 2.75) is 84.7 Å². The van der Waals surface area contributed by atoms with Gasteiger partial charge in [0.05, 0.1) is 0 Å². The number of unbranched alkanes of at least 4 members (excludes halogenated alkanes) is 5. The van der Waals surface area contributed by atoms with Gasteiger partial charge in [-0.2, -0.15) is 0 Å². The van der Waals surface area contributed by atoms with E-state index in [0.717, 1.165) is 56.1 Å². The predicted octanol–water partition coefficient (Wildman–Crippen LogP) is 8.10. The van der Waals surface area contributed by atoms with Gasteiger partial charge in [0.2, 0.25) is 0 Å². The van der Waals surface area contributed by atoms with Crippen molar-refractivity contribution >= 4 is 6.16 Å². The first-order chi connectivity index (χ1) is 14.5. The molecule has 4 heteroatoms. The van der Waals surface area contributed by atoms with Crippen molar-refractivity contribution in [2.75, 3.05) is 0 Å². The van der Waals surface area contributed by atoms with E-state index in [1.165, 1.54) is 12.8 Å². The van der Waals surface area contributed by atoms with Crippen molar-refractivity contribution in [2.24, 2.45) is 0 Å². The maximum absolute atomic E-state index is 14.5. The lowest BCUT2D eigenvalue weighted by Crippen LogP contribution is -2.18. The summed E-state index contributed by atoms with van der Waals surface area (Å²) in [5.41, 5.74) is 2.32. The van der Waals surface area contributed by atoms with Gasteiger partial charge < -0.3 is 9.47 Å². The molecule has 0 saturated carbocycles. The van der Waals surface area contributed by atoms with Crippen molar-refractivity contribution in [3.05, 3.63) is 53.8 Å². The van der Waals surface area contributed by atoms with Crippen LogP contribution in [0.5, 0.6) is 5.75 Å². The molecule has 1 atom stereocenters. The Balaban J connectivity index is 1.88. The minimum Gasteiger partial charge on any atom is -0.431 e. The Hall–Kier alpha value is -2.36. The molecule has 2 aromatic carbocycles. The summed E-state index contributed by atoms with van der Waals surface area (Å²) < 4.78 is 25.1. The second-order valence-electron chi connectivity index (χ2n) is 7.93. The molecule has 0 aliphatic heterocycles. The lowest BCUT2D eigenvalue weighted by atomic mass is 10.0. The molecule has 0 spiro atoms. The van der Waals surface area contributed by atoms with Crippen LogP contribution in [0.1, 0.15) is 77.7 Å². The first kappa shape index (κ1) is 23.9. The molecular weight excluding hydrogens is 379 g/mol. The zero-order valence-electron chi connectivity index (χ0n) is 18.6. The third-order valence-electron chi connectivity index (χ3n) is 5.23. The highest BCUT2D eigenvalue weighted by Crippen LogP contribution is 2.26. The molecular formula is C26H35FO3. The van der Waals surface area contributed by atoms with Crippen LogP contribution in [0, 0.1) is 5.82 Å². The molecule has 0 fully saturated rings. The van der Waals surface area contributed by atoms with E-state index in [1.807, 2.05) is 19.1 Å². The van der Waals surface area contributed by atoms with Gasteiger partial charge in [0.1, 0.15) is 17.7 Å². The summed E-state index contributed by atoms with van der Waals surface area (Å²) in [4.78, 5) is 12.0. The third kappa shape index (κ3) is 8.17. The Labute approximate surface area is 180 Å². The second-order valence-corrected chi connectivity index (χ2v) is 7.93. The van der Waals surface area contributed by atoms with Crippen LogP contribution in [0.15, 0.2) is 42.5 Å². The van der Waals surface area contributed by atoms with E-state index in [4.69, 9.17) is 9.47 Å². The number of rotatable bonds is 12. The maximum Gasteiger partial charge on any atom is 0.514 e. The molecule has 30 heavy (non-hydrogen) atoms. The highest BCUT2D eigenvalue weighted by atomic mass is 19.1. The van der Waals surface area contributed by atoms with Gasteiger partial charge in [-0.1, -0.05) is 70.2 Å². The maximum atomic E-state index is 14.5. The molecule has 0 radical (unpaired) electrons. The SMILES string of the molecule is CCCCCCC(C)OC(=O)Oc1ccc(-c2ccc(CCCCC)cc2F)cc1. The van der Waals surface area contributed by atoms with E-state index in [0.29, 0.717) is 11.3 Å². The summed E-state index contributed by atoms with van der Waals surface area (Å²) in [6, 6.07) is 12.3. The van der Waals surface area contributed by atoms with Gasteiger partial charge in [-0.15, -0.1) is 0 Å². The van der Waals surface area contributed by atoms with Gasteiger partial charge in [0, 0.05) is 5.56 Å². The quantitative estimate of drug-likeness (QED) is 0.200. The molecule has 0 heterocycles. The number of aryl methyl sites for hydroxylation is 1. The van der Waals surface area contributed by atoms with Crippen LogP contribution >= 0.6 is 0 Å². The zero-order chi connectivity index (χ0) is 21.8. The van der Waals surface area contributed by atoms with Crippen molar-refractivity contribution in [1.29, 1.82) is 0 Å². The van der Waals surface area contributed by atoms with E-state index < -0.39 is 6.16 Å². The summed E-state index contributed by atoms with van der Waals surface area (Å²) >= 11 is 0. The molecule has 0 N–H and O–H groups in total. The Morgan fingerprint density at radius 1 is 0.933 bits per heavy atom. The van der Waals surface area contributed by atoms with Gasteiger partial charge in [-0.3, -0.25) is 0 Å². The predicted molar refractivity (Wildman–Crippen MR) is 120 cm³/mol. The zero-order valence-corrected chi connectivity index (χ0v) is 18.6. The third-order valence-corrected chi connectivity index (χ3v) is 5.23. The molecule has 0 aliphatic carbocycles. The van der Waals surface area contributed by atoms with Crippen LogP contribution in [-0.2, 0) is 11.2 Å². The second kappa shape index (κ2) is 13.0. The molecule has 3 nitrogen and oxygen atoms in total. The topological polar surface area (TPSA) is 35.5 Å². The Kier molecular flexibility index (Phi) is 10.4. The highest BCUT2D eigenvalue weighted by molar-refractivity contribution is 5.67. The molecule has 0 amide bonds. The molecule has 0 aromatic heterocycles. The van der Waals surface area contributed by atoms with Gasteiger partial charge in [-0.25, -0.2) is 9.18 Å². The molecule has 2 rings (SSSR count). The first-order valence-corrected chi connectivity index (χ1v) is 11.3. The van der Waals surface area contributed by atoms with Crippen molar-refractivity contribution in [3.8, 4) is 16.9 Å². The summed E-state index contributed by atoms with van der Waals surface area (Å²) in [5.74, 6) is 0.160. The van der Waals surface area contributed by atoms with E-state index in [2.05, 4.69) is 13.8 Å². The number of ether oxygens (including phenoxy) is 2. The minimum absolute atomic E-state index is 0.168. The van der Waals surface area contributed by atoms with Crippen LogP contribution in [0.4, 0.5) is 9.18 Å². The van der Waals surface area contributed by atoms with Gasteiger partial charge in [0.15, 0.2) is 0 Å². The standard InChI is InChI=1S/C26H35FO3/c1-4-6-8-10-11-20(3)29-26(28)30-23-16-14-22(15-17-23)24-18-13-21(19-25(24)27)12-9-7-5-2/h13-20H,4-12H2,1-3H3. The summed E-state index contributed by atoms with van der Waals surface area (Å²) in [7, 11) is 0. The van der Waals surface area contributed by atoms with Gasteiger partial charge in [-0.05, 0) is 61.9 Å². The van der Waals surface area contributed by atoms with Crippen LogP contribution in [-0.4, -0.2) is 12.3 Å². The Morgan fingerprint density at radius 3 is 2.30 bits per heavy atom. The average Bonchev–Trinajstić information content (AvgIpc) is 2.72. The van der Waals surface area contributed by atoms with E-state index in [9.17, 15) is 9.18 Å². The van der Waals surface area contributed by atoms with E-state index >= 15 is 0 Å². The number of hydrogen-bond donors (Lipinski definition) is 0. The fraction of sp³-hybridized carbons (Fsp3) is 0.500. The summed E-state index contributed by atoms with van der Waals surface area (Å²) in [6.07, 6.45) is 8.83. The van der Waals surface area contributed by atoms with Crippen molar-refractivity contribution in [1.82, 2.24) is 0 Å². The molecule has 0 saturated heterocycles. The number of carbonyl (C=O) groups is 1. The summed E-state index contributed by atoms with van der Waals surface area (Å²) in [5, 5.41) is 0. The monoisotopic (exact) mass is 414 g/mol. The van der Waals surface area contributed by atoms with E-state index in [-0.39, 0.29) is 11.9 Å². The molecule has 1 unspecified atom stereocenters. The molecule has 0 aliphatic rings. The first-order valence-electron chi connectivity index (χ1n) is 11.3. The molecule has 164 valence electrons. The lowest BCUT2D eigenvalue weighted by molar-refractivity contribution is 0.0613. The van der Waals surface area contributed by atoms with Gasteiger partial charge in [0.25, 0.3) is 0 Å². The Bertz CT molecular complexity index is 770. The van der Waals surface area contributed by atoms with Crippen LogP contribution in [0.2, 0.25) is 0 Å². The normalized spacial score (nSPS) is 11.9. The van der Waals surface area contributed by atoms with Crippen LogP contribution in [0.3, 0.4) is 0 Å². The van der Waals surface area contributed by atoms with Crippen molar-refractivity contribution < 1.29 is 18.7 Å². The highest BCUT2D eigenvalue weighted by Gasteiger charge is 2.12. The smallest absolute Gasteiger partial charge is 0.431 e. The van der Waals surface area contributed by atoms with Crippen LogP contribution in [0.25, 0.3) is 11.1 Å². The van der Waals surface area contributed by atoms with Crippen LogP contribution < -0.4 is 4.74 Å². The van der Waals surface area contributed by atoms with E-state index in [1.54, 1.807) is 30.3 Å². The largest absolute Gasteiger partial charge is 0.514 e. The number of hydrogen-bond acceptors (Lipinski definition) is 3. The number of halogens is 1. The molecule has 0 bridgehead atoms. The fourth-order valence-corrected chi connectivity index (χ4v) is 3.43. The summed E-state index contributed by atoms with van der Waals surface area (Å²) in [6.45, 7) is 6.21. The lowest BCUT2D eigenvalue weighted by Gasteiger charge is -2.13. The average molecular weight is 415 g/mol. The Morgan fingerprint density at radius 2 is 1.63 bits per heavy atom. The number of benzene rings is 2. The number of carbonyl (C=O) groups excluding carboxylic acids is 1. The van der Waals surface area contributed by atoms with Gasteiger partial charge >= 0.3 is 6.16 Å². The fourth-order valence-electron chi connectivity index (χ4n) is 3.43. The van der Waals surface area contributed by atoms with Crippen molar-refractivity contribution in [3.63, 3.8) is 0 Å².